The van der Waals surface area contributed by atoms with Crippen LogP contribution >= 0.6 is 0 Å². The van der Waals surface area contributed by atoms with E-state index in [2.05, 4.69) is 334 Å². The van der Waals surface area contributed by atoms with Crippen LogP contribution in [-0.2, 0) is 27.1 Å². The van der Waals surface area contributed by atoms with Gasteiger partial charge in [-0.2, -0.15) is 0 Å². The van der Waals surface area contributed by atoms with E-state index in [0.717, 1.165) is 0 Å². The molecule has 0 saturated carbocycles. The Kier molecular flexibility index (Phi) is 11.2. The number of hydrogen-bond donors (Lipinski definition) is 0. The van der Waals surface area contributed by atoms with Crippen LogP contribution in [0.15, 0.2) is 255 Å². The largest absolute Gasteiger partial charge is 0.309 e. The summed E-state index contributed by atoms with van der Waals surface area (Å²) >= 11 is 0. The van der Waals surface area contributed by atoms with Gasteiger partial charge in [-0.3, -0.25) is 0 Å². The molecule has 17 rings (SSSR count). The van der Waals surface area contributed by atoms with Gasteiger partial charge in [-0.1, -0.05) is 239 Å². The maximum absolute atomic E-state index is 2.61. The van der Waals surface area contributed by atoms with E-state index in [1.807, 2.05) is 0 Å². The van der Waals surface area contributed by atoms with Crippen LogP contribution in [0.2, 0.25) is 0 Å². The number of anilines is 6. The summed E-state index contributed by atoms with van der Waals surface area (Å²) in [7, 11) is 0. The minimum atomic E-state index is -0.308. The molecule has 0 amide bonds. The molecule has 5 aliphatic rings. The summed E-state index contributed by atoms with van der Waals surface area (Å²) in [6.45, 7) is 24.5. The van der Waals surface area contributed by atoms with E-state index in [1.165, 1.54) is 168 Å². The van der Waals surface area contributed by atoms with Crippen molar-refractivity contribution >= 4 is 34.1 Å². The summed E-state index contributed by atoms with van der Waals surface area (Å²) in [5.41, 5.74) is 37.3. The van der Waals surface area contributed by atoms with Crippen molar-refractivity contribution in [2.45, 2.75) is 96.3 Å². The van der Waals surface area contributed by atoms with Crippen LogP contribution in [0.4, 0.5) is 34.1 Å². The third-order valence-corrected chi connectivity index (χ3v) is 21.8. The van der Waals surface area contributed by atoms with Gasteiger partial charge in [0.25, 0.3) is 0 Å². The van der Waals surface area contributed by atoms with E-state index in [-0.39, 0.29) is 27.1 Å². The lowest BCUT2D eigenvalue weighted by atomic mass is 9.65. The Morgan fingerprint density at radius 2 is 0.382 bits per heavy atom. The van der Waals surface area contributed by atoms with E-state index in [0.29, 0.717) is 0 Å². The van der Waals surface area contributed by atoms with Gasteiger partial charge in [0.1, 0.15) is 0 Å². The Morgan fingerprint density at radius 3 is 0.640 bits per heavy atom. The van der Waals surface area contributed by atoms with Crippen LogP contribution in [0.1, 0.15) is 125 Å². The minimum Gasteiger partial charge on any atom is -0.309 e. The van der Waals surface area contributed by atoms with E-state index in [1.54, 1.807) is 0 Å². The molecule has 0 fully saturated rings. The molecule has 12 aromatic carbocycles. The Bertz CT molecular complexity index is 4400. The molecule has 0 unspecified atom stereocenters. The lowest BCUT2D eigenvalue weighted by Gasteiger charge is -2.50. The van der Waals surface area contributed by atoms with E-state index >= 15 is 0 Å². The van der Waals surface area contributed by atoms with Gasteiger partial charge in [-0.25, -0.2) is 0 Å². The third kappa shape index (κ3) is 7.62. The van der Waals surface area contributed by atoms with Gasteiger partial charge in [-0.15, -0.1) is 0 Å². The van der Waals surface area contributed by atoms with Gasteiger partial charge in [0.15, 0.2) is 0 Å². The summed E-state index contributed by atoms with van der Waals surface area (Å²) < 4.78 is 0. The summed E-state index contributed by atoms with van der Waals surface area (Å²) in [4.78, 5) is 5.21. The first-order valence-electron chi connectivity index (χ1n) is 32.0. The molecule has 4 aliphatic heterocycles. The molecule has 0 aromatic heterocycles. The van der Waals surface area contributed by atoms with Crippen molar-refractivity contribution in [3.63, 3.8) is 0 Å². The fourth-order valence-electron chi connectivity index (χ4n) is 16.6. The average Bonchev–Trinajstić information content (AvgIpc) is 1.32. The second-order valence-corrected chi connectivity index (χ2v) is 28.5. The van der Waals surface area contributed by atoms with E-state index in [9.17, 15) is 0 Å². The van der Waals surface area contributed by atoms with Crippen LogP contribution in [0.25, 0.3) is 77.9 Å². The molecular formula is C87H72N2. The average molecular weight is 1150 g/mol. The van der Waals surface area contributed by atoms with E-state index < -0.39 is 0 Å². The molecule has 2 nitrogen and oxygen atoms in total. The molecule has 0 atom stereocenters. The molecule has 0 spiro atoms. The topological polar surface area (TPSA) is 6.48 Å². The predicted molar refractivity (Wildman–Crippen MR) is 375 cm³/mol. The molecular weight excluding hydrogens is 1070 g/mol. The maximum Gasteiger partial charge on any atom is 0.0544 e. The fourth-order valence-corrected chi connectivity index (χ4v) is 16.6. The van der Waals surface area contributed by atoms with Crippen LogP contribution in [-0.4, -0.2) is 0 Å². The molecule has 89 heavy (non-hydrogen) atoms. The highest BCUT2D eigenvalue weighted by Crippen LogP contribution is 2.64. The summed E-state index contributed by atoms with van der Waals surface area (Å²) in [5.74, 6) is 0. The molecule has 0 bridgehead atoms. The molecule has 1 aliphatic carbocycles. The summed E-state index contributed by atoms with van der Waals surface area (Å²) in [5, 5.41) is 0. The van der Waals surface area contributed by atoms with Crippen molar-refractivity contribution < 1.29 is 0 Å². The van der Waals surface area contributed by atoms with E-state index in [4.69, 9.17) is 0 Å². The number of fused-ring (bicyclic) bond motifs is 11. The predicted octanol–water partition coefficient (Wildman–Crippen LogP) is 23.5. The summed E-state index contributed by atoms with van der Waals surface area (Å²) in [6, 6.07) is 97.2. The van der Waals surface area contributed by atoms with Gasteiger partial charge >= 0.3 is 0 Å². The van der Waals surface area contributed by atoms with Gasteiger partial charge in [0, 0.05) is 27.1 Å². The fraction of sp³-hybridized carbons (Fsp3) is 0.172. The Balaban J connectivity index is 0.799. The van der Waals surface area contributed by atoms with Crippen LogP contribution in [0.5, 0.6) is 0 Å². The highest BCUT2D eigenvalue weighted by atomic mass is 15.2. The smallest absolute Gasteiger partial charge is 0.0544 e. The van der Waals surface area contributed by atoms with Crippen molar-refractivity contribution in [2.75, 3.05) is 9.80 Å². The lowest BCUT2D eigenvalue weighted by Crippen LogP contribution is -2.38. The van der Waals surface area contributed by atoms with Crippen LogP contribution in [0.3, 0.4) is 0 Å². The number of benzene rings is 12. The van der Waals surface area contributed by atoms with Crippen molar-refractivity contribution in [3.8, 4) is 77.9 Å². The summed E-state index contributed by atoms with van der Waals surface area (Å²) in [6.07, 6.45) is 0. The zero-order valence-corrected chi connectivity index (χ0v) is 52.6. The monoisotopic (exact) mass is 1140 g/mol. The van der Waals surface area contributed by atoms with Crippen molar-refractivity contribution in [2.24, 2.45) is 0 Å². The highest BCUT2D eigenvalue weighted by Gasteiger charge is 2.49. The first-order chi connectivity index (χ1) is 42.9. The van der Waals surface area contributed by atoms with Gasteiger partial charge in [-0.05, 0) is 218 Å². The Morgan fingerprint density at radius 1 is 0.180 bits per heavy atom. The van der Waals surface area contributed by atoms with Gasteiger partial charge < -0.3 is 9.80 Å². The second-order valence-electron chi connectivity index (χ2n) is 28.5. The van der Waals surface area contributed by atoms with Crippen LogP contribution in [0, 0.1) is 0 Å². The zero-order valence-electron chi connectivity index (χ0n) is 52.6. The van der Waals surface area contributed by atoms with Gasteiger partial charge in [0.2, 0.25) is 0 Å². The first kappa shape index (κ1) is 53.5. The van der Waals surface area contributed by atoms with Crippen molar-refractivity contribution in [1.29, 1.82) is 0 Å². The molecule has 0 saturated heterocycles. The molecule has 2 heteroatoms. The van der Waals surface area contributed by atoms with Crippen molar-refractivity contribution in [3.05, 3.63) is 310 Å². The number of nitrogens with zero attached hydrogens (tertiary/aromatic N) is 2. The zero-order chi connectivity index (χ0) is 60.7. The third-order valence-electron chi connectivity index (χ3n) is 21.8. The number of hydrogen-bond acceptors (Lipinski definition) is 2. The van der Waals surface area contributed by atoms with Gasteiger partial charge in [0.05, 0.1) is 34.1 Å². The number of rotatable bonds is 6. The van der Waals surface area contributed by atoms with Crippen LogP contribution < -0.4 is 9.80 Å². The Hall–Kier alpha value is -9.76. The quantitative estimate of drug-likeness (QED) is 0.164. The molecule has 430 valence electrons. The lowest BCUT2D eigenvalue weighted by molar-refractivity contribution is 0.597. The van der Waals surface area contributed by atoms with Crippen molar-refractivity contribution in [1.82, 2.24) is 0 Å². The maximum atomic E-state index is 2.61. The SMILES string of the molecule is CC1(C)c2cc(-c3cc4c5c(c3)C(C)(C)c3cc(-c6ccccc6)ccc3N5c3ccc(-c5ccccc5)cc3C4(C)C)ccc2-c2ccc(-c3cc4c5c(c3)C(C)(C)c3cc(-c6ccccc6)ccc3N5c3ccc(-c5ccccc5)cc3C4(C)C)cc21. The Labute approximate surface area is 525 Å². The standard InChI is InChI=1S/C87H72N2/c1-83(2)67-43-61(63-49-73-81-74(50-63)85(5,6)70-46-58(54-25-17-12-18-26-54)34-40-78(70)88(81)77-39-33-57(45-69(77)84(73,3)4)53-23-15-11-16-24-53)31-37-65(67)66-38-32-62(44-68(66)83)64-51-75-82-76(52-64)87(9,10)72-48-60(56-29-21-14-22-30-56)36-42-80(72)89(82)79-41-35-59(47-71(79)86(75,7)8)55-27-19-13-20-28-55/h11-52H,1-10H3. The molecule has 0 N–H and O–H groups in total. The second kappa shape index (κ2) is 18.6. The molecule has 0 radical (unpaired) electrons. The first-order valence-corrected chi connectivity index (χ1v) is 32.0. The molecule has 4 heterocycles. The minimum absolute atomic E-state index is 0.272. The molecule has 12 aromatic rings. The highest BCUT2D eigenvalue weighted by molar-refractivity contribution is 5.99. The normalized spacial score (nSPS) is 16.4.